The van der Waals surface area contributed by atoms with Gasteiger partial charge in [-0.3, -0.25) is 0 Å². The van der Waals surface area contributed by atoms with Crippen molar-refractivity contribution in [1.29, 1.82) is 0 Å². The summed E-state index contributed by atoms with van der Waals surface area (Å²) < 4.78 is 0. The maximum absolute atomic E-state index is 8.09. The second-order valence-corrected chi connectivity index (χ2v) is 2.37. The SMILES string of the molecule is CCCCC/C(Cl)=N/O. The Bertz CT molecular complexity index is 93.1. The largest absolute Gasteiger partial charge is 0.410 e. The summed E-state index contributed by atoms with van der Waals surface area (Å²) in [5.41, 5.74) is 0. The summed E-state index contributed by atoms with van der Waals surface area (Å²) in [6.07, 6.45) is 4.02. The number of oxime groups is 1. The fourth-order valence-corrected chi connectivity index (χ4v) is 0.705. The van der Waals surface area contributed by atoms with Crippen LogP contribution in [0.25, 0.3) is 0 Å². The van der Waals surface area contributed by atoms with Gasteiger partial charge in [-0.25, -0.2) is 0 Å². The van der Waals surface area contributed by atoms with Gasteiger partial charge in [0.05, 0.1) is 0 Å². The molecule has 3 heteroatoms. The van der Waals surface area contributed by atoms with E-state index >= 15 is 0 Å². The summed E-state index contributed by atoms with van der Waals surface area (Å²) in [7, 11) is 0. The lowest BCUT2D eigenvalue weighted by molar-refractivity contribution is 0.319. The van der Waals surface area contributed by atoms with Crippen molar-refractivity contribution in [2.45, 2.75) is 32.6 Å². The highest BCUT2D eigenvalue weighted by molar-refractivity contribution is 6.65. The smallest absolute Gasteiger partial charge is 0.145 e. The van der Waals surface area contributed by atoms with Crippen LogP contribution in [0.15, 0.2) is 5.16 Å². The van der Waals surface area contributed by atoms with E-state index < -0.39 is 0 Å². The monoisotopic (exact) mass is 149 g/mol. The molecule has 0 aliphatic heterocycles. The van der Waals surface area contributed by atoms with Crippen LogP contribution in [0.1, 0.15) is 32.6 Å². The van der Waals surface area contributed by atoms with Gasteiger partial charge in [0, 0.05) is 6.42 Å². The number of nitrogens with zero attached hydrogens (tertiary/aromatic N) is 1. The highest BCUT2D eigenvalue weighted by Crippen LogP contribution is 2.02. The molecule has 0 bridgehead atoms. The fraction of sp³-hybridized carbons (Fsp3) is 0.833. The van der Waals surface area contributed by atoms with Crippen molar-refractivity contribution in [3.63, 3.8) is 0 Å². The van der Waals surface area contributed by atoms with Gasteiger partial charge in [-0.1, -0.05) is 36.5 Å². The van der Waals surface area contributed by atoms with E-state index in [0.29, 0.717) is 11.6 Å². The number of hydrogen-bond acceptors (Lipinski definition) is 2. The first-order valence-electron chi connectivity index (χ1n) is 3.17. The number of hydrogen-bond donors (Lipinski definition) is 1. The molecular formula is C6H12ClNO. The lowest BCUT2D eigenvalue weighted by Crippen LogP contribution is -1.86. The average molecular weight is 150 g/mol. The van der Waals surface area contributed by atoms with Crippen molar-refractivity contribution >= 4 is 16.8 Å². The lowest BCUT2D eigenvalue weighted by Gasteiger charge is -1.92. The second-order valence-electron chi connectivity index (χ2n) is 1.93. The molecule has 9 heavy (non-hydrogen) atoms. The molecule has 0 atom stereocenters. The molecule has 0 radical (unpaired) electrons. The molecular weight excluding hydrogens is 138 g/mol. The van der Waals surface area contributed by atoms with Gasteiger partial charge in [-0.15, -0.1) is 0 Å². The summed E-state index contributed by atoms with van der Waals surface area (Å²) in [4.78, 5) is 0. The first-order chi connectivity index (χ1) is 4.31. The molecule has 0 aromatic rings. The first-order valence-corrected chi connectivity index (χ1v) is 3.55. The Labute approximate surface area is 60.5 Å². The standard InChI is InChI=1S/C6H12ClNO/c1-2-3-4-5-6(7)8-9/h9H,2-5H2,1H3/b8-6-. The van der Waals surface area contributed by atoms with Crippen LogP contribution in [0.3, 0.4) is 0 Å². The summed E-state index contributed by atoms with van der Waals surface area (Å²) >= 11 is 5.40. The summed E-state index contributed by atoms with van der Waals surface area (Å²) in [6.45, 7) is 2.12. The van der Waals surface area contributed by atoms with Crippen molar-refractivity contribution in [1.82, 2.24) is 0 Å². The highest BCUT2D eigenvalue weighted by Gasteiger charge is 1.92. The zero-order chi connectivity index (χ0) is 7.11. The third-order valence-corrected chi connectivity index (χ3v) is 1.36. The molecule has 0 amide bonds. The maximum Gasteiger partial charge on any atom is 0.145 e. The van der Waals surface area contributed by atoms with E-state index in [4.69, 9.17) is 16.8 Å². The van der Waals surface area contributed by atoms with Gasteiger partial charge in [0.25, 0.3) is 0 Å². The molecule has 0 aliphatic carbocycles. The molecule has 0 spiro atoms. The van der Waals surface area contributed by atoms with Crippen LogP contribution in [-0.2, 0) is 0 Å². The molecule has 0 fully saturated rings. The summed E-state index contributed by atoms with van der Waals surface area (Å²) in [5.74, 6) is 0. The molecule has 0 unspecified atom stereocenters. The predicted octanol–water partition coefficient (Wildman–Crippen LogP) is 2.59. The van der Waals surface area contributed by atoms with Crippen LogP contribution in [0.4, 0.5) is 0 Å². The number of rotatable bonds is 4. The third-order valence-electron chi connectivity index (χ3n) is 1.10. The van der Waals surface area contributed by atoms with Crippen LogP contribution < -0.4 is 0 Å². The van der Waals surface area contributed by atoms with E-state index in [0.717, 1.165) is 19.3 Å². The van der Waals surface area contributed by atoms with Crippen molar-refractivity contribution in [2.24, 2.45) is 5.16 Å². The van der Waals surface area contributed by atoms with E-state index in [1.807, 2.05) is 0 Å². The first kappa shape index (κ1) is 8.76. The molecule has 0 saturated heterocycles. The van der Waals surface area contributed by atoms with E-state index in [1.54, 1.807) is 0 Å². The van der Waals surface area contributed by atoms with E-state index in [-0.39, 0.29) is 0 Å². The zero-order valence-electron chi connectivity index (χ0n) is 5.60. The third kappa shape index (κ3) is 5.63. The zero-order valence-corrected chi connectivity index (χ0v) is 6.36. The number of unbranched alkanes of at least 4 members (excludes halogenated alkanes) is 2. The Hall–Kier alpha value is -0.240. The lowest BCUT2D eigenvalue weighted by atomic mass is 10.2. The quantitative estimate of drug-likeness (QED) is 0.283. The molecule has 0 aromatic heterocycles. The van der Waals surface area contributed by atoms with Gasteiger partial charge >= 0.3 is 0 Å². The van der Waals surface area contributed by atoms with Crippen molar-refractivity contribution in [3.8, 4) is 0 Å². The molecule has 0 rings (SSSR count). The van der Waals surface area contributed by atoms with Crippen LogP contribution >= 0.6 is 11.6 Å². The molecule has 54 valence electrons. The Morgan fingerprint density at radius 1 is 1.56 bits per heavy atom. The maximum atomic E-state index is 8.09. The minimum absolute atomic E-state index is 0.309. The molecule has 0 aliphatic rings. The van der Waals surface area contributed by atoms with E-state index in [2.05, 4.69) is 12.1 Å². The van der Waals surface area contributed by atoms with Crippen LogP contribution in [0, 0.1) is 0 Å². The van der Waals surface area contributed by atoms with Gasteiger partial charge in [0.2, 0.25) is 0 Å². The fourth-order valence-electron chi connectivity index (χ4n) is 0.571. The van der Waals surface area contributed by atoms with Gasteiger partial charge in [0.1, 0.15) is 5.17 Å². The highest BCUT2D eigenvalue weighted by atomic mass is 35.5. The van der Waals surface area contributed by atoms with Crippen molar-refractivity contribution < 1.29 is 5.21 Å². The van der Waals surface area contributed by atoms with Crippen LogP contribution in [0.5, 0.6) is 0 Å². The van der Waals surface area contributed by atoms with Crippen LogP contribution in [0.2, 0.25) is 0 Å². The van der Waals surface area contributed by atoms with Gasteiger partial charge in [0.15, 0.2) is 0 Å². The van der Waals surface area contributed by atoms with Gasteiger partial charge in [-0.2, -0.15) is 0 Å². The van der Waals surface area contributed by atoms with E-state index in [9.17, 15) is 0 Å². The van der Waals surface area contributed by atoms with E-state index in [1.165, 1.54) is 0 Å². The topological polar surface area (TPSA) is 32.6 Å². The molecule has 0 heterocycles. The molecule has 1 N–H and O–H groups in total. The summed E-state index contributed by atoms with van der Waals surface area (Å²) in [5, 5.41) is 11.2. The predicted molar refractivity (Wildman–Crippen MR) is 39.2 cm³/mol. The second kappa shape index (κ2) is 5.89. The van der Waals surface area contributed by atoms with Gasteiger partial charge in [-0.05, 0) is 6.42 Å². The minimum atomic E-state index is 0.309. The average Bonchev–Trinajstić information content (AvgIpc) is 1.89. The minimum Gasteiger partial charge on any atom is -0.410 e. The molecule has 2 nitrogen and oxygen atoms in total. The Morgan fingerprint density at radius 2 is 2.22 bits per heavy atom. The molecule has 0 aromatic carbocycles. The Balaban J connectivity index is 3.07. The molecule has 0 saturated carbocycles. The summed E-state index contributed by atoms with van der Waals surface area (Å²) in [6, 6.07) is 0. The Morgan fingerprint density at radius 3 is 2.67 bits per heavy atom. The van der Waals surface area contributed by atoms with Gasteiger partial charge < -0.3 is 5.21 Å². The Kier molecular flexibility index (Phi) is 5.73. The normalized spacial score (nSPS) is 12.0. The van der Waals surface area contributed by atoms with Crippen molar-refractivity contribution in [3.05, 3.63) is 0 Å². The van der Waals surface area contributed by atoms with Crippen molar-refractivity contribution in [2.75, 3.05) is 0 Å². The number of halogens is 1. The van der Waals surface area contributed by atoms with Crippen LogP contribution in [-0.4, -0.2) is 10.4 Å².